The first-order valence-electron chi connectivity index (χ1n) is 4.67. The Morgan fingerprint density at radius 2 is 2.07 bits per heavy atom. The molecular weight excluding hydrogens is 186 g/mol. The summed E-state index contributed by atoms with van der Waals surface area (Å²) in [4.78, 5) is 0. The summed E-state index contributed by atoms with van der Waals surface area (Å²) in [6.07, 6.45) is -3.32. The Hall–Kier alpha value is -1.12. The van der Waals surface area contributed by atoms with E-state index in [1.165, 1.54) is 0 Å². The van der Waals surface area contributed by atoms with Crippen molar-refractivity contribution in [3.63, 3.8) is 0 Å². The first kappa shape index (κ1) is 9.44. The summed E-state index contributed by atoms with van der Waals surface area (Å²) in [5.74, 6) is 0.675. The van der Waals surface area contributed by atoms with Gasteiger partial charge in [-0.3, -0.25) is 0 Å². The average Bonchev–Trinajstić information content (AvgIpc) is 2.36. The number of alkyl halides is 2. The third-order valence-corrected chi connectivity index (χ3v) is 2.41. The molecule has 0 N–H and O–H groups in total. The Morgan fingerprint density at radius 3 is 2.71 bits per heavy atom. The third-order valence-electron chi connectivity index (χ3n) is 2.41. The molecule has 0 spiro atoms. The summed E-state index contributed by atoms with van der Waals surface area (Å²) < 4.78 is 30.2. The van der Waals surface area contributed by atoms with Crippen LogP contribution in [0.1, 0.15) is 30.9 Å². The summed E-state index contributed by atoms with van der Waals surface area (Å²) in [5.41, 5.74) is 1.69. The molecule has 2 rings (SSSR count). The Bertz CT molecular complexity index is 358. The minimum atomic E-state index is -3.02. The highest BCUT2D eigenvalue weighted by atomic mass is 19.3. The fraction of sp³-hybridized carbons (Fsp3) is 0.455. The number of hydrogen-bond acceptors (Lipinski definition) is 1. The predicted molar refractivity (Wildman–Crippen MR) is 49.8 cm³/mol. The molecule has 1 aromatic rings. The highest BCUT2D eigenvalue weighted by Gasteiger charge is 2.39. The van der Waals surface area contributed by atoms with E-state index < -0.39 is 6.11 Å². The molecule has 0 bridgehead atoms. The molecule has 3 heteroatoms. The van der Waals surface area contributed by atoms with Crippen LogP contribution >= 0.6 is 0 Å². The van der Waals surface area contributed by atoms with E-state index >= 15 is 0 Å². The van der Waals surface area contributed by atoms with Gasteiger partial charge in [0.1, 0.15) is 5.75 Å². The maximum absolute atomic E-state index is 12.8. The summed E-state index contributed by atoms with van der Waals surface area (Å²) >= 11 is 0. The largest absolute Gasteiger partial charge is 0.432 e. The van der Waals surface area contributed by atoms with E-state index in [0.717, 1.165) is 5.56 Å². The van der Waals surface area contributed by atoms with Crippen LogP contribution in [0.25, 0.3) is 0 Å². The second-order valence-corrected chi connectivity index (χ2v) is 3.94. The Kier molecular flexibility index (Phi) is 1.98. The molecule has 0 radical (unpaired) electrons. The van der Waals surface area contributed by atoms with Gasteiger partial charge in [0.15, 0.2) is 0 Å². The second kappa shape index (κ2) is 2.94. The Balaban J connectivity index is 2.36. The molecule has 0 atom stereocenters. The molecule has 1 nitrogen and oxygen atoms in total. The van der Waals surface area contributed by atoms with Crippen LogP contribution in [0.5, 0.6) is 5.75 Å². The summed E-state index contributed by atoms with van der Waals surface area (Å²) in [6.45, 7) is 4.07. The van der Waals surface area contributed by atoms with E-state index in [1.54, 1.807) is 12.1 Å². The maximum atomic E-state index is 12.8. The van der Waals surface area contributed by atoms with Gasteiger partial charge in [-0.2, -0.15) is 8.78 Å². The van der Waals surface area contributed by atoms with Gasteiger partial charge in [0, 0.05) is 5.56 Å². The van der Waals surface area contributed by atoms with Crippen LogP contribution in [0.3, 0.4) is 0 Å². The molecule has 0 fully saturated rings. The molecule has 1 aliphatic heterocycles. The van der Waals surface area contributed by atoms with Gasteiger partial charge in [-0.25, -0.2) is 0 Å². The quantitative estimate of drug-likeness (QED) is 0.672. The fourth-order valence-electron chi connectivity index (χ4n) is 1.61. The van der Waals surface area contributed by atoms with Gasteiger partial charge in [0.25, 0.3) is 0 Å². The number of ether oxygens (including phenoxy) is 1. The summed E-state index contributed by atoms with van der Waals surface area (Å²) in [5, 5.41) is 0. The highest BCUT2D eigenvalue weighted by molar-refractivity contribution is 5.41. The zero-order valence-corrected chi connectivity index (χ0v) is 8.18. The zero-order valence-electron chi connectivity index (χ0n) is 8.18. The van der Waals surface area contributed by atoms with E-state index in [1.807, 2.05) is 19.9 Å². The lowest BCUT2D eigenvalue weighted by Gasteiger charge is -2.07. The molecule has 0 saturated carbocycles. The van der Waals surface area contributed by atoms with Gasteiger partial charge in [-0.05, 0) is 17.5 Å². The number of fused-ring (bicyclic) bond motifs is 1. The lowest BCUT2D eigenvalue weighted by Crippen LogP contribution is -2.20. The molecule has 0 saturated heterocycles. The van der Waals surface area contributed by atoms with Crippen LogP contribution in [0, 0.1) is 0 Å². The molecule has 0 aliphatic carbocycles. The topological polar surface area (TPSA) is 9.23 Å². The lowest BCUT2D eigenvalue weighted by molar-refractivity contribution is -0.159. The highest BCUT2D eigenvalue weighted by Crippen LogP contribution is 2.38. The monoisotopic (exact) mass is 198 g/mol. The Morgan fingerprint density at radius 1 is 1.36 bits per heavy atom. The third kappa shape index (κ3) is 1.59. The minimum Gasteiger partial charge on any atom is -0.432 e. The number of rotatable bonds is 1. The van der Waals surface area contributed by atoms with Crippen molar-refractivity contribution in [1.82, 2.24) is 0 Å². The van der Waals surface area contributed by atoms with Crippen LogP contribution < -0.4 is 4.74 Å². The van der Waals surface area contributed by atoms with E-state index in [2.05, 4.69) is 4.74 Å². The van der Waals surface area contributed by atoms with Crippen molar-refractivity contribution in [1.29, 1.82) is 0 Å². The number of halogens is 2. The second-order valence-electron chi connectivity index (χ2n) is 3.94. The first-order chi connectivity index (χ1) is 6.48. The van der Waals surface area contributed by atoms with Crippen molar-refractivity contribution >= 4 is 0 Å². The maximum Gasteiger partial charge on any atom is 0.402 e. The van der Waals surface area contributed by atoms with E-state index in [4.69, 9.17) is 0 Å². The van der Waals surface area contributed by atoms with Crippen molar-refractivity contribution in [2.45, 2.75) is 32.3 Å². The molecular formula is C11H12F2O. The van der Waals surface area contributed by atoms with Crippen LogP contribution in [0.2, 0.25) is 0 Å². The van der Waals surface area contributed by atoms with Gasteiger partial charge in [0.05, 0.1) is 6.42 Å². The predicted octanol–water partition coefficient (Wildman–Crippen LogP) is 3.34. The smallest absolute Gasteiger partial charge is 0.402 e. The summed E-state index contributed by atoms with van der Waals surface area (Å²) in [7, 11) is 0. The molecule has 14 heavy (non-hydrogen) atoms. The standard InChI is InChI=1S/C11H12F2O/c1-7(2)8-3-4-10-9(5-8)6-11(12,13)14-10/h3-5,7H,6H2,1-2H3. The van der Waals surface area contributed by atoms with Crippen LogP contribution in [-0.2, 0) is 6.42 Å². The van der Waals surface area contributed by atoms with E-state index in [0.29, 0.717) is 17.2 Å². The molecule has 0 aromatic heterocycles. The van der Waals surface area contributed by atoms with Crippen molar-refractivity contribution in [2.24, 2.45) is 0 Å². The fourth-order valence-corrected chi connectivity index (χ4v) is 1.61. The molecule has 0 amide bonds. The molecule has 1 aliphatic rings. The SMILES string of the molecule is CC(C)c1ccc2c(c1)CC(F)(F)O2. The summed E-state index contributed by atoms with van der Waals surface area (Å²) in [6, 6.07) is 5.28. The van der Waals surface area contributed by atoms with Gasteiger partial charge < -0.3 is 4.74 Å². The molecule has 0 unspecified atom stereocenters. The van der Waals surface area contributed by atoms with Crippen LogP contribution in [-0.4, -0.2) is 6.11 Å². The van der Waals surface area contributed by atoms with Crippen molar-refractivity contribution in [3.8, 4) is 5.75 Å². The van der Waals surface area contributed by atoms with Gasteiger partial charge in [-0.15, -0.1) is 0 Å². The zero-order chi connectivity index (χ0) is 10.3. The van der Waals surface area contributed by atoms with Crippen LogP contribution in [0.4, 0.5) is 8.78 Å². The Labute approximate surface area is 81.7 Å². The minimum absolute atomic E-state index is 0.303. The number of hydrogen-bond donors (Lipinski definition) is 0. The van der Waals surface area contributed by atoms with E-state index in [-0.39, 0.29) is 6.42 Å². The molecule has 1 aromatic carbocycles. The van der Waals surface area contributed by atoms with Gasteiger partial charge in [-0.1, -0.05) is 26.0 Å². The van der Waals surface area contributed by atoms with Crippen molar-refractivity contribution < 1.29 is 13.5 Å². The van der Waals surface area contributed by atoms with Crippen molar-refractivity contribution in [2.75, 3.05) is 0 Å². The molecule has 76 valence electrons. The van der Waals surface area contributed by atoms with Crippen LogP contribution in [0.15, 0.2) is 18.2 Å². The average molecular weight is 198 g/mol. The normalized spacial score (nSPS) is 18.1. The first-order valence-corrected chi connectivity index (χ1v) is 4.67. The van der Waals surface area contributed by atoms with Gasteiger partial charge >= 0.3 is 6.11 Å². The lowest BCUT2D eigenvalue weighted by atomic mass is 10.00. The van der Waals surface area contributed by atoms with E-state index in [9.17, 15) is 8.78 Å². The van der Waals surface area contributed by atoms with Crippen molar-refractivity contribution in [3.05, 3.63) is 29.3 Å². The molecule has 1 heterocycles. The van der Waals surface area contributed by atoms with Gasteiger partial charge in [0.2, 0.25) is 0 Å². The number of benzene rings is 1.